The number of amides is 1. The van der Waals surface area contributed by atoms with Gasteiger partial charge in [-0.3, -0.25) is 9.59 Å². The van der Waals surface area contributed by atoms with Gasteiger partial charge in [0.1, 0.15) is 0 Å². The van der Waals surface area contributed by atoms with Crippen LogP contribution in [0.5, 0.6) is 0 Å². The highest BCUT2D eigenvalue weighted by Gasteiger charge is 2.07. The second-order valence-electron chi connectivity index (χ2n) is 6.65. The molecule has 1 amide bonds. The lowest BCUT2D eigenvalue weighted by molar-refractivity contribution is -0.121. The lowest BCUT2D eigenvalue weighted by Gasteiger charge is -2.06. The highest BCUT2D eigenvalue weighted by atomic mass is 16.1. The number of hydrogen-bond donors (Lipinski definition) is 2. The maximum atomic E-state index is 12.2. The minimum absolute atomic E-state index is 0.0125. The zero-order valence-electron chi connectivity index (χ0n) is 15.0. The molecule has 4 nitrogen and oxygen atoms in total. The molecule has 134 valence electrons. The van der Waals surface area contributed by atoms with E-state index < -0.39 is 0 Å². The van der Waals surface area contributed by atoms with Crippen molar-refractivity contribution < 1.29 is 4.79 Å². The predicted molar refractivity (Wildman–Crippen MR) is 105 cm³/mol. The number of H-pyrrole nitrogens is 1. The summed E-state index contributed by atoms with van der Waals surface area (Å²) in [6.07, 6.45) is 2.63. The van der Waals surface area contributed by atoms with Crippen LogP contribution in [-0.4, -0.2) is 17.4 Å². The number of aromatic nitrogens is 1. The fourth-order valence-electron chi connectivity index (χ4n) is 3.05. The number of carbonyl (C=O) groups excluding carboxylic acids is 1. The van der Waals surface area contributed by atoms with Crippen LogP contribution in [0.4, 0.5) is 0 Å². The molecule has 0 unspecified atom stereocenters. The molecule has 3 rings (SSSR count). The fourth-order valence-corrected chi connectivity index (χ4v) is 3.05. The highest BCUT2D eigenvalue weighted by Crippen LogP contribution is 2.13. The number of rotatable bonds is 7. The summed E-state index contributed by atoms with van der Waals surface area (Å²) >= 11 is 0. The van der Waals surface area contributed by atoms with E-state index in [1.54, 1.807) is 0 Å². The molecule has 0 bridgehead atoms. The molecular formula is C22H24N2O2. The largest absolute Gasteiger partial charge is 0.356 e. The molecule has 0 spiro atoms. The van der Waals surface area contributed by atoms with Crippen molar-refractivity contribution in [2.75, 3.05) is 6.54 Å². The number of pyridine rings is 1. The monoisotopic (exact) mass is 348 g/mol. The number of benzene rings is 2. The summed E-state index contributed by atoms with van der Waals surface area (Å²) < 4.78 is 0. The molecule has 1 heterocycles. The van der Waals surface area contributed by atoms with Gasteiger partial charge in [0, 0.05) is 24.0 Å². The zero-order valence-corrected chi connectivity index (χ0v) is 15.0. The SMILES string of the molecule is Cc1ccc2cc(CCC(=O)NCCCc3ccccc3)c(=O)[nH]c2c1. The van der Waals surface area contributed by atoms with E-state index in [0.29, 0.717) is 24.9 Å². The molecule has 1 aromatic heterocycles. The van der Waals surface area contributed by atoms with E-state index in [1.165, 1.54) is 5.56 Å². The number of aryl methyl sites for hydroxylation is 3. The first-order valence-electron chi connectivity index (χ1n) is 9.05. The molecule has 4 heteroatoms. The Labute approximate surface area is 153 Å². The van der Waals surface area contributed by atoms with Gasteiger partial charge in [-0.25, -0.2) is 0 Å². The van der Waals surface area contributed by atoms with Crippen LogP contribution >= 0.6 is 0 Å². The average molecular weight is 348 g/mol. The molecule has 0 radical (unpaired) electrons. The van der Waals surface area contributed by atoms with Gasteiger partial charge in [-0.05, 0) is 54.8 Å². The molecule has 26 heavy (non-hydrogen) atoms. The minimum Gasteiger partial charge on any atom is -0.356 e. The van der Waals surface area contributed by atoms with Crippen molar-refractivity contribution in [3.8, 4) is 0 Å². The summed E-state index contributed by atoms with van der Waals surface area (Å²) in [6.45, 7) is 2.65. The number of fused-ring (bicyclic) bond motifs is 1. The summed E-state index contributed by atoms with van der Waals surface area (Å²) in [7, 11) is 0. The first-order valence-corrected chi connectivity index (χ1v) is 9.05. The Morgan fingerprint density at radius 1 is 1.04 bits per heavy atom. The van der Waals surface area contributed by atoms with Gasteiger partial charge in [-0.2, -0.15) is 0 Å². The Balaban J connectivity index is 1.48. The topological polar surface area (TPSA) is 62.0 Å². The first kappa shape index (κ1) is 17.9. The summed E-state index contributed by atoms with van der Waals surface area (Å²) in [6, 6.07) is 18.1. The van der Waals surface area contributed by atoms with Crippen molar-refractivity contribution >= 4 is 16.8 Å². The Morgan fingerprint density at radius 2 is 1.85 bits per heavy atom. The van der Waals surface area contributed by atoms with Gasteiger partial charge in [-0.1, -0.05) is 42.5 Å². The normalized spacial score (nSPS) is 10.8. The standard InChI is InChI=1S/C22H24N2O2/c1-16-9-10-18-15-19(22(26)24-20(18)14-16)11-12-21(25)23-13-5-8-17-6-3-2-4-7-17/h2-4,6-7,9-10,14-15H,5,8,11-13H2,1H3,(H,23,25)(H,24,26). The van der Waals surface area contributed by atoms with Gasteiger partial charge in [0.25, 0.3) is 5.56 Å². The van der Waals surface area contributed by atoms with Crippen LogP contribution in [0.15, 0.2) is 59.4 Å². The smallest absolute Gasteiger partial charge is 0.251 e. The van der Waals surface area contributed by atoms with Crippen LogP contribution in [0.25, 0.3) is 10.9 Å². The molecule has 0 aliphatic heterocycles. The van der Waals surface area contributed by atoms with Gasteiger partial charge >= 0.3 is 0 Å². The van der Waals surface area contributed by atoms with Crippen molar-refractivity contribution in [2.45, 2.75) is 32.6 Å². The van der Waals surface area contributed by atoms with Crippen LogP contribution in [0.2, 0.25) is 0 Å². The number of nitrogens with one attached hydrogen (secondary N) is 2. The van der Waals surface area contributed by atoms with E-state index >= 15 is 0 Å². The van der Waals surface area contributed by atoms with Crippen LogP contribution in [0.3, 0.4) is 0 Å². The van der Waals surface area contributed by atoms with Crippen molar-refractivity contribution in [2.24, 2.45) is 0 Å². The third-order valence-corrected chi connectivity index (χ3v) is 4.51. The zero-order chi connectivity index (χ0) is 18.4. The Hall–Kier alpha value is -2.88. The number of carbonyl (C=O) groups is 1. The summed E-state index contributed by atoms with van der Waals surface area (Å²) in [5.41, 5.74) is 3.76. The lowest BCUT2D eigenvalue weighted by Crippen LogP contribution is -2.26. The fraction of sp³-hybridized carbons (Fsp3) is 0.273. The van der Waals surface area contributed by atoms with Gasteiger partial charge in [0.05, 0.1) is 0 Å². The first-order chi connectivity index (χ1) is 12.6. The van der Waals surface area contributed by atoms with Crippen LogP contribution in [-0.2, 0) is 17.6 Å². The van der Waals surface area contributed by atoms with Gasteiger partial charge in [-0.15, -0.1) is 0 Å². The maximum absolute atomic E-state index is 12.2. The molecule has 2 N–H and O–H groups in total. The Kier molecular flexibility index (Phi) is 5.84. The van der Waals surface area contributed by atoms with E-state index in [1.807, 2.05) is 49.4 Å². The molecule has 0 aliphatic rings. The Morgan fingerprint density at radius 3 is 2.65 bits per heavy atom. The summed E-state index contributed by atoms with van der Waals surface area (Å²) in [5, 5.41) is 3.93. The van der Waals surface area contributed by atoms with E-state index in [0.717, 1.165) is 29.3 Å². The van der Waals surface area contributed by atoms with E-state index in [9.17, 15) is 9.59 Å². The maximum Gasteiger partial charge on any atom is 0.251 e. The van der Waals surface area contributed by atoms with Crippen LogP contribution in [0.1, 0.15) is 29.5 Å². The van der Waals surface area contributed by atoms with Crippen LogP contribution in [0, 0.1) is 6.92 Å². The van der Waals surface area contributed by atoms with E-state index in [-0.39, 0.29) is 11.5 Å². The van der Waals surface area contributed by atoms with Crippen LogP contribution < -0.4 is 10.9 Å². The van der Waals surface area contributed by atoms with Gasteiger partial charge < -0.3 is 10.3 Å². The van der Waals surface area contributed by atoms with Crippen molar-refractivity contribution in [1.82, 2.24) is 10.3 Å². The molecule has 0 fully saturated rings. The molecule has 2 aromatic carbocycles. The predicted octanol–water partition coefficient (Wildman–Crippen LogP) is 3.52. The Bertz CT molecular complexity index is 945. The molecule has 0 atom stereocenters. The molecular weight excluding hydrogens is 324 g/mol. The second kappa shape index (κ2) is 8.48. The average Bonchev–Trinajstić information content (AvgIpc) is 2.64. The molecule has 3 aromatic rings. The molecule has 0 saturated heterocycles. The number of aromatic amines is 1. The van der Waals surface area contributed by atoms with Gasteiger partial charge in [0.15, 0.2) is 0 Å². The van der Waals surface area contributed by atoms with E-state index in [2.05, 4.69) is 22.4 Å². The third kappa shape index (κ3) is 4.82. The van der Waals surface area contributed by atoms with Crippen molar-refractivity contribution in [1.29, 1.82) is 0 Å². The minimum atomic E-state index is -0.111. The van der Waals surface area contributed by atoms with Crippen molar-refractivity contribution in [3.63, 3.8) is 0 Å². The highest BCUT2D eigenvalue weighted by molar-refractivity contribution is 5.80. The summed E-state index contributed by atoms with van der Waals surface area (Å²) in [4.78, 5) is 27.1. The quantitative estimate of drug-likeness (QED) is 0.642. The van der Waals surface area contributed by atoms with E-state index in [4.69, 9.17) is 0 Å². The van der Waals surface area contributed by atoms with Gasteiger partial charge in [0.2, 0.25) is 5.91 Å². The molecule has 0 aliphatic carbocycles. The lowest BCUT2D eigenvalue weighted by atomic mass is 10.1. The summed E-state index contributed by atoms with van der Waals surface area (Å²) in [5.74, 6) is -0.0125. The van der Waals surface area contributed by atoms with Crippen molar-refractivity contribution in [3.05, 3.63) is 81.6 Å². The third-order valence-electron chi connectivity index (χ3n) is 4.51. The second-order valence-corrected chi connectivity index (χ2v) is 6.65. The number of hydrogen-bond acceptors (Lipinski definition) is 2. The molecule has 0 saturated carbocycles.